The highest BCUT2D eigenvalue weighted by Gasteiger charge is 2.47. The number of carbonyl (C=O) groups is 2. The third kappa shape index (κ3) is 3.89. The molecule has 0 saturated carbocycles. The molecule has 1 N–H and O–H groups in total. The first kappa shape index (κ1) is 22.6. The van der Waals surface area contributed by atoms with Gasteiger partial charge in [-0.25, -0.2) is 0 Å². The van der Waals surface area contributed by atoms with Crippen molar-refractivity contribution in [3.8, 4) is 5.75 Å². The Bertz CT molecular complexity index is 1240. The smallest absolute Gasteiger partial charge is 0.300 e. The summed E-state index contributed by atoms with van der Waals surface area (Å²) < 4.78 is 5.54. The predicted molar refractivity (Wildman–Crippen MR) is 132 cm³/mol. The van der Waals surface area contributed by atoms with Gasteiger partial charge in [-0.2, -0.15) is 0 Å². The molecular weight excluding hydrogens is 436 g/mol. The number of ketones is 1. The molecular formula is C26H26N2O4S. The normalized spacial score (nSPS) is 17.5. The minimum absolute atomic E-state index is 0.0578. The van der Waals surface area contributed by atoms with E-state index in [1.54, 1.807) is 6.07 Å². The van der Waals surface area contributed by atoms with Crippen molar-refractivity contribution in [2.75, 3.05) is 31.0 Å². The van der Waals surface area contributed by atoms with E-state index in [4.69, 9.17) is 4.74 Å². The second-order valence-electron chi connectivity index (χ2n) is 8.26. The number of hydrogen-bond donors (Lipinski definition) is 1. The van der Waals surface area contributed by atoms with Crippen molar-refractivity contribution in [1.82, 2.24) is 0 Å². The topological polar surface area (TPSA) is 70.1 Å². The van der Waals surface area contributed by atoms with Crippen LogP contribution in [0, 0.1) is 13.8 Å². The predicted octanol–water partition coefficient (Wildman–Crippen LogP) is 5.07. The summed E-state index contributed by atoms with van der Waals surface area (Å²) in [5.74, 6) is -1.15. The maximum Gasteiger partial charge on any atom is 0.300 e. The van der Waals surface area contributed by atoms with Crippen molar-refractivity contribution in [2.24, 2.45) is 0 Å². The molecule has 1 aliphatic heterocycles. The summed E-state index contributed by atoms with van der Waals surface area (Å²) in [6.45, 7) is 3.79. The molecule has 3 aromatic rings. The standard InChI is InChI=1S/C26H26N2O4S/c1-15-13-16(2)25(32-5)19(14-15)23(29)21-22(20-7-6-12-33-20)28(26(31)24(21)30)18-10-8-17(9-11-18)27(3)4/h6-14,22,29H,1-5H3/b23-21-. The van der Waals surface area contributed by atoms with E-state index in [-0.39, 0.29) is 11.3 Å². The first-order valence-electron chi connectivity index (χ1n) is 10.5. The number of amides is 1. The number of rotatable bonds is 5. The van der Waals surface area contributed by atoms with E-state index in [1.807, 2.05) is 80.7 Å². The molecule has 1 fully saturated rings. The molecule has 0 radical (unpaired) electrons. The largest absolute Gasteiger partial charge is 0.507 e. The van der Waals surface area contributed by atoms with Gasteiger partial charge in [-0.15, -0.1) is 11.3 Å². The van der Waals surface area contributed by atoms with Crippen LogP contribution in [-0.4, -0.2) is 38.0 Å². The van der Waals surface area contributed by atoms with Crippen LogP contribution < -0.4 is 14.5 Å². The van der Waals surface area contributed by atoms with Gasteiger partial charge in [-0.1, -0.05) is 12.1 Å². The Kier molecular flexibility index (Phi) is 5.99. The molecule has 6 nitrogen and oxygen atoms in total. The number of anilines is 2. The fourth-order valence-electron chi connectivity index (χ4n) is 4.27. The summed E-state index contributed by atoms with van der Waals surface area (Å²) in [5.41, 5.74) is 3.77. The molecule has 1 unspecified atom stereocenters. The van der Waals surface area contributed by atoms with E-state index in [0.29, 0.717) is 17.0 Å². The van der Waals surface area contributed by atoms with E-state index < -0.39 is 17.7 Å². The number of methoxy groups -OCH3 is 1. The minimum Gasteiger partial charge on any atom is -0.507 e. The van der Waals surface area contributed by atoms with Gasteiger partial charge in [0.25, 0.3) is 11.7 Å². The van der Waals surface area contributed by atoms with Gasteiger partial charge in [-0.3, -0.25) is 14.5 Å². The number of aliphatic hydroxyl groups is 1. The first-order chi connectivity index (χ1) is 15.7. The number of hydrogen-bond acceptors (Lipinski definition) is 6. The quantitative estimate of drug-likeness (QED) is 0.326. The van der Waals surface area contributed by atoms with Crippen molar-refractivity contribution in [3.63, 3.8) is 0 Å². The van der Waals surface area contributed by atoms with Crippen molar-refractivity contribution >= 4 is 40.2 Å². The molecule has 0 bridgehead atoms. The van der Waals surface area contributed by atoms with Crippen molar-refractivity contribution in [3.05, 3.63) is 81.1 Å². The maximum atomic E-state index is 13.3. The molecule has 0 aliphatic carbocycles. The number of carbonyl (C=O) groups excluding carboxylic acids is 2. The molecule has 1 aromatic heterocycles. The third-order valence-electron chi connectivity index (χ3n) is 5.78. The van der Waals surface area contributed by atoms with Crippen LogP contribution in [0.1, 0.15) is 27.6 Å². The first-order valence-corrected chi connectivity index (χ1v) is 11.4. The van der Waals surface area contributed by atoms with Crippen LogP contribution in [-0.2, 0) is 9.59 Å². The lowest BCUT2D eigenvalue weighted by Gasteiger charge is -2.25. The Labute approximate surface area is 197 Å². The molecule has 2 heterocycles. The third-order valence-corrected chi connectivity index (χ3v) is 6.70. The zero-order valence-corrected chi connectivity index (χ0v) is 20.1. The second-order valence-corrected chi connectivity index (χ2v) is 9.24. The zero-order chi connectivity index (χ0) is 23.9. The van der Waals surface area contributed by atoms with Gasteiger partial charge in [-0.05, 0) is 66.8 Å². The molecule has 7 heteroatoms. The molecule has 1 amide bonds. The number of aryl methyl sites for hydroxylation is 2. The summed E-state index contributed by atoms with van der Waals surface area (Å²) in [4.78, 5) is 30.8. The van der Waals surface area contributed by atoms with E-state index in [0.717, 1.165) is 21.7 Å². The van der Waals surface area contributed by atoms with Crippen LogP contribution in [0.15, 0.2) is 59.5 Å². The van der Waals surface area contributed by atoms with Gasteiger partial charge in [0.2, 0.25) is 0 Å². The average molecular weight is 463 g/mol. The zero-order valence-electron chi connectivity index (χ0n) is 19.2. The summed E-state index contributed by atoms with van der Waals surface area (Å²) in [5, 5.41) is 13.3. The Balaban J connectivity index is 1.94. The van der Waals surface area contributed by atoms with Gasteiger partial charge in [0.1, 0.15) is 17.6 Å². The van der Waals surface area contributed by atoms with E-state index in [1.165, 1.54) is 23.3 Å². The number of Topliss-reactive ketones (excluding diaryl/α,β-unsaturated/α-hetero) is 1. The molecule has 1 aliphatic rings. The lowest BCUT2D eigenvalue weighted by atomic mass is 9.96. The molecule has 170 valence electrons. The van der Waals surface area contributed by atoms with Gasteiger partial charge in [0.05, 0.1) is 18.2 Å². The summed E-state index contributed by atoms with van der Waals surface area (Å²) in [7, 11) is 5.39. The monoisotopic (exact) mass is 462 g/mol. The number of aliphatic hydroxyl groups excluding tert-OH is 1. The molecule has 2 aromatic carbocycles. The molecule has 33 heavy (non-hydrogen) atoms. The highest BCUT2D eigenvalue weighted by atomic mass is 32.1. The Morgan fingerprint density at radius 2 is 1.79 bits per heavy atom. The number of nitrogens with zero attached hydrogens (tertiary/aromatic N) is 2. The van der Waals surface area contributed by atoms with Crippen LogP contribution in [0.25, 0.3) is 5.76 Å². The molecule has 1 atom stereocenters. The van der Waals surface area contributed by atoms with Gasteiger partial charge < -0.3 is 14.7 Å². The van der Waals surface area contributed by atoms with E-state index >= 15 is 0 Å². The summed E-state index contributed by atoms with van der Waals surface area (Å²) >= 11 is 1.43. The number of thiophene rings is 1. The van der Waals surface area contributed by atoms with Crippen molar-refractivity contribution in [2.45, 2.75) is 19.9 Å². The fraction of sp³-hybridized carbons (Fsp3) is 0.231. The van der Waals surface area contributed by atoms with Crippen molar-refractivity contribution in [1.29, 1.82) is 0 Å². The Morgan fingerprint density at radius 3 is 2.36 bits per heavy atom. The van der Waals surface area contributed by atoms with Crippen LogP contribution >= 0.6 is 11.3 Å². The van der Waals surface area contributed by atoms with Gasteiger partial charge in [0.15, 0.2) is 0 Å². The average Bonchev–Trinajstić information content (AvgIpc) is 3.40. The molecule has 1 saturated heterocycles. The Morgan fingerprint density at radius 1 is 1.09 bits per heavy atom. The van der Waals surface area contributed by atoms with Crippen LogP contribution in [0.3, 0.4) is 0 Å². The number of ether oxygens (including phenoxy) is 1. The number of benzene rings is 2. The molecule has 4 rings (SSSR count). The lowest BCUT2D eigenvalue weighted by Crippen LogP contribution is -2.29. The summed E-state index contributed by atoms with van der Waals surface area (Å²) in [6, 6.07) is 14.1. The highest BCUT2D eigenvalue weighted by molar-refractivity contribution is 7.10. The van der Waals surface area contributed by atoms with Gasteiger partial charge in [0, 0.05) is 30.3 Å². The van der Waals surface area contributed by atoms with E-state index in [9.17, 15) is 14.7 Å². The van der Waals surface area contributed by atoms with E-state index in [2.05, 4.69) is 0 Å². The second kappa shape index (κ2) is 8.75. The molecule has 0 spiro atoms. The van der Waals surface area contributed by atoms with Crippen LogP contribution in [0.4, 0.5) is 11.4 Å². The van der Waals surface area contributed by atoms with Crippen molar-refractivity contribution < 1.29 is 19.4 Å². The highest BCUT2D eigenvalue weighted by Crippen LogP contribution is 2.45. The fourth-order valence-corrected chi connectivity index (χ4v) is 5.10. The lowest BCUT2D eigenvalue weighted by molar-refractivity contribution is -0.132. The SMILES string of the molecule is COc1c(C)cc(C)cc1/C(O)=C1/C(=O)C(=O)N(c2ccc(N(C)C)cc2)C1c1cccs1. The minimum atomic E-state index is -0.735. The maximum absolute atomic E-state index is 13.3. The Hall–Kier alpha value is -3.58. The van der Waals surface area contributed by atoms with Crippen LogP contribution in [0.5, 0.6) is 5.75 Å². The summed E-state index contributed by atoms with van der Waals surface area (Å²) in [6.07, 6.45) is 0. The van der Waals surface area contributed by atoms with Crippen LogP contribution in [0.2, 0.25) is 0 Å². The van der Waals surface area contributed by atoms with Gasteiger partial charge >= 0.3 is 0 Å².